The number of benzene rings is 3. The van der Waals surface area contributed by atoms with Gasteiger partial charge in [-0.2, -0.15) is 0 Å². The van der Waals surface area contributed by atoms with Gasteiger partial charge in [-0.15, -0.1) is 0 Å². The van der Waals surface area contributed by atoms with Gasteiger partial charge in [-0.1, -0.05) is 49.7 Å². The van der Waals surface area contributed by atoms with Gasteiger partial charge in [-0.05, 0) is 97.0 Å². The first kappa shape index (κ1) is 36.4. The van der Waals surface area contributed by atoms with Crippen molar-refractivity contribution in [2.24, 2.45) is 5.73 Å². The minimum absolute atomic E-state index is 0.0645. The van der Waals surface area contributed by atoms with Crippen molar-refractivity contribution in [2.75, 3.05) is 56.2 Å². The predicted molar refractivity (Wildman–Crippen MR) is 201 cm³/mol. The first-order valence-electron chi connectivity index (χ1n) is 18.0. The van der Waals surface area contributed by atoms with Crippen LogP contribution in [0, 0.1) is 0 Å². The van der Waals surface area contributed by atoms with Crippen LogP contribution in [0.1, 0.15) is 109 Å². The number of anilines is 2. The van der Waals surface area contributed by atoms with E-state index in [1.54, 1.807) is 7.11 Å². The highest BCUT2D eigenvalue weighted by molar-refractivity contribution is 5.76. The van der Waals surface area contributed by atoms with Crippen LogP contribution in [0.25, 0.3) is 5.70 Å². The number of fused-ring (bicyclic) bond motifs is 2. The first-order chi connectivity index (χ1) is 22.7. The van der Waals surface area contributed by atoms with Gasteiger partial charge in [0.1, 0.15) is 11.5 Å². The topological polar surface area (TPSA) is 63.0 Å². The number of nitrogens with zero attached hydrogens (tertiary/aromatic N) is 2. The molecule has 0 saturated heterocycles. The number of methoxy groups -OCH3 is 1. The van der Waals surface area contributed by atoms with E-state index in [1.165, 1.54) is 57.7 Å². The molecule has 1 heterocycles. The van der Waals surface area contributed by atoms with E-state index in [1.807, 2.05) is 0 Å². The molecule has 0 aromatic heterocycles. The molecule has 6 heteroatoms. The van der Waals surface area contributed by atoms with Gasteiger partial charge in [0.25, 0.3) is 0 Å². The van der Waals surface area contributed by atoms with Crippen molar-refractivity contribution in [3.05, 3.63) is 88.5 Å². The molecule has 3 N–H and O–H groups in total. The van der Waals surface area contributed by atoms with Crippen LogP contribution >= 0.6 is 0 Å². The van der Waals surface area contributed by atoms with E-state index in [9.17, 15) is 0 Å². The summed E-state index contributed by atoms with van der Waals surface area (Å²) in [6, 6.07) is 22.6. The van der Waals surface area contributed by atoms with E-state index in [0.717, 1.165) is 70.1 Å². The number of hydrogen-bond acceptors (Lipinski definition) is 6. The molecule has 1 saturated carbocycles. The van der Waals surface area contributed by atoms with E-state index < -0.39 is 0 Å². The molecule has 3 aromatic rings. The van der Waals surface area contributed by atoms with Crippen LogP contribution in [0.3, 0.4) is 0 Å². The summed E-state index contributed by atoms with van der Waals surface area (Å²) in [5, 5.41) is 3.97. The lowest BCUT2D eigenvalue weighted by molar-refractivity contribution is 0.170. The molecule has 1 fully saturated rings. The average Bonchev–Trinajstić information content (AvgIpc) is 3.93. The Morgan fingerprint density at radius 1 is 0.830 bits per heavy atom. The summed E-state index contributed by atoms with van der Waals surface area (Å²) in [6.45, 7) is 21.0. The number of hydrogen-bond donors (Lipinski definition) is 2. The van der Waals surface area contributed by atoms with Crippen molar-refractivity contribution in [3.63, 3.8) is 0 Å². The summed E-state index contributed by atoms with van der Waals surface area (Å²) >= 11 is 0. The molecule has 2 aliphatic rings. The Hall–Kier alpha value is -3.48. The van der Waals surface area contributed by atoms with E-state index in [-0.39, 0.29) is 11.5 Å². The number of unbranched alkanes of at least 4 members (excludes halogenated alkanes) is 1. The number of allylic oxidation sites excluding steroid dienone is 1. The quantitative estimate of drug-likeness (QED) is 0.135. The Labute approximate surface area is 285 Å². The number of ether oxygens (including phenoxy) is 2. The molecular formula is C41H60N4O2. The van der Waals surface area contributed by atoms with Gasteiger partial charge in [-0.3, -0.25) is 0 Å². The van der Waals surface area contributed by atoms with Gasteiger partial charge in [-0.25, -0.2) is 0 Å². The minimum Gasteiger partial charge on any atom is -0.457 e. The van der Waals surface area contributed by atoms with Gasteiger partial charge in [0.2, 0.25) is 0 Å². The standard InChI is InChI=1S/C37H49N3O2.C4H11N/c1-8-39(9-2)27-18-20-31-33(24-27)42-34-25-28(40(10-3)11-4)19-21-32(34)35(31)29-14-12-13-15-30(29)36(26-16-17-26)38-37(5,6)22-23-41-7;1-2-3-4-5/h12-15,18-21,24-25,35,38H,8-11,16-17,22-23H2,1-7H3;2-5H2,1H3. The molecule has 0 bridgehead atoms. The second-order valence-electron chi connectivity index (χ2n) is 13.3. The Morgan fingerprint density at radius 2 is 1.38 bits per heavy atom. The molecule has 0 atom stereocenters. The Bertz CT molecular complexity index is 1400. The lowest BCUT2D eigenvalue weighted by Gasteiger charge is -2.34. The zero-order valence-electron chi connectivity index (χ0n) is 30.4. The van der Waals surface area contributed by atoms with Crippen LogP contribution in [-0.2, 0) is 4.74 Å². The highest BCUT2D eigenvalue weighted by Gasteiger charge is 2.34. The maximum Gasteiger partial charge on any atom is 0.133 e. The fourth-order valence-electron chi connectivity index (χ4n) is 6.49. The van der Waals surface area contributed by atoms with Gasteiger partial charge >= 0.3 is 0 Å². The third kappa shape index (κ3) is 8.91. The first-order valence-corrected chi connectivity index (χ1v) is 18.0. The third-order valence-corrected chi connectivity index (χ3v) is 9.44. The molecule has 256 valence electrons. The van der Waals surface area contributed by atoms with Gasteiger partial charge in [0, 0.05) is 97.2 Å². The van der Waals surface area contributed by atoms with E-state index in [4.69, 9.17) is 15.2 Å². The van der Waals surface area contributed by atoms with Gasteiger partial charge in [0.05, 0.1) is 0 Å². The maximum absolute atomic E-state index is 6.78. The minimum atomic E-state index is -0.0864. The van der Waals surface area contributed by atoms with E-state index in [2.05, 4.69) is 124 Å². The number of nitrogens with two attached hydrogens (primary N) is 1. The van der Waals surface area contributed by atoms with Gasteiger partial charge in [0.15, 0.2) is 0 Å². The molecule has 1 aliphatic heterocycles. The second kappa shape index (κ2) is 17.1. The van der Waals surface area contributed by atoms with Crippen LogP contribution in [0.5, 0.6) is 11.5 Å². The van der Waals surface area contributed by atoms with Crippen molar-refractivity contribution >= 4 is 17.1 Å². The molecule has 0 radical (unpaired) electrons. The zero-order chi connectivity index (χ0) is 34.0. The fourth-order valence-corrected chi connectivity index (χ4v) is 6.49. The van der Waals surface area contributed by atoms with Crippen molar-refractivity contribution in [1.82, 2.24) is 5.32 Å². The average molecular weight is 641 g/mol. The largest absolute Gasteiger partial charge is 0.457 e. The molecule has 47 heavy (non-hydrogen) atoms. The Morgan fingerprint density at radius 3 is 1.83 bits per heavy atom. The molecule has 0 spiro atoms. The molecule has 3 aromatic carbocycles. The predicted octanol–water partition coefficient (Wildman–Crippen LogP) is 9.32. The summed E-state index contributed by atoms with van der Waals surface area (Å²) in [5.74, 6) is 1.98. The van der Waals surface area contributed by atoms with Crippen molar-refractivity contribution in [1.29, 1.82) is 0 Å². The highest BCUT2D eigenvalue weighted by atomic mass is 16.5. The molecule has 0 amide bonds. The SMILES string of the molecule is CCCCN.CCN(CC)c1ccc2c(c1)Oc1cc(N(CC)CC)ccc1C2c1ccccc1C(NC(C)(C)CCOC)=C1CC1. The molecule has 0 unspecified atom stereocenters. The second-order valence-corrected chi connectivity index (χ2v) is 13.3. The molecule has 1 aliphatic carbocycles. The summed E-state index contributed by atoms with van der Waals surface area (Å²) in [7, 11) is 1.78. The number of rotatable bonds is 15. The highest BCUT2D eigenvalue weighted by Crippen LogP contribution is 2.51. The van der Waals surface area contributed by atoms with Crippen LogP contribution in [0.4, 0.5) is 11.4 Å². The van der Waals surface area contributed by atoms with Crippen molar-refractivity contribution < 1.29 is 9.47 Å². The summed E-state index contributed by atoms with van der Waals surface area (Å²) in [4.78, 5) is 4.77. The fraction of sp³-hybridized carbons (Fsp3) is 0.512. The lowest BCUT2D eigenvalue weighted by Crippen LogP contribution is -2.39. The van der Waals surface area contributed by atoms with Crippen molar-refractivity contribution in [2.45, 2.75) is 92.0 Å². The summed E-state index contributed by atoms with van der Waals surface area (Å²) < 4.78 is 12.2. The maximum atomic E-state index is 6.78. The summed E-state index contributed by atoms with van der Waals surface area (Å²) in [6.07, 6.45) is 5.63. The normalized spacial score (nSPS) is 13.5. The molecule has 5 rings (SSSR count). The van der Waals surface area contributed by atoms with Crippen molar-refractivity contribution in [3.8, 4) is 11.5 Å². The van der Waals surface area contributed by atoms with Crippen LogP contribution in [0.2, 0.25) is 0 Å². The smallest absolute Gasteiger partial charge is 0.133 e. The van der Waals surface area contributed by atoms with Crippen LogP contribution in [0.15, 0.2) is 66.2 Å². The lowest BCUT2D eigenvalue weighted by atomic mass is 9.79. The number of nitrogens with one attached hydrogen (secondary N) is 1. The Balaban J connectivity index is 0.000000930. The molecular weight excluding hydrogens is 580 g/mol. The van der Waals surface area contributed by atoms with Gasteiger partial charge < -0.3 is 30.3 Å². The van der Waals surface area contributed by atoms with Crippen LogP contribution in [-0.4, -0.2) is 52.0 Å². The molecule has 6 nitrogen and oxygen atoms in total. The third-order valence-electron chi connectivity index (χ3n) is 9.44. The zero-order valence-corrected chi connectivity index (χ0v) is 30.4. The van der Waals surface area contributed by atoms with Crippen LogP contribution < -0.4 is 25.6 Å². The Kier molecular flexibility index (Phi) is 13.2. The monoisotopic (exact) mass is 640 g/mol. The van der Waals surface area contributed by atoms with E-state index in [0.29, 0.717) is 0 Å². The summed E-state index contributed by atoms with van der Waals surface area (Å²) in [5.41, 5.74) is 15.3. The van der Waals surface area contributed by atoms with E-state index >= 15 is 0 Å².